The van der Waals surface area contributed by atoms with Gasteiger partial charge >= 0.3 is 5.97 Å². The minimum Gasteiger partial charge on any atom is -0.491 e. The second kappa shape index (κ2) is 9.34. The number of esters is 1. The summed E-state index contributed by atoms with van der Waals surface area (Å²) >= 11 is 0. The van der Waals surface area contributed by atoms with Gasteiger partial charge in [-0.25, -0.2) is 4.39 Å². The Balaban J connectivity index is 2.07. The van der Waals surface area contributed by atoms with Crippen LogP contribution in [0.3, 0.4) is 0 Å². The van der Waals surface area contributed by atoms with Crippen LogP contribution in [0.4, 0.5) is 4.39 Å². The summed E-state index contributed by atoms with van der Waals surface area (Å²) in [5.74, 6) is -0.139. The van der Waals surface area contributed by atoms with E-state index in [-0.39, 0.29) is 11.8 Å². The molecule has 0 N–H and O–H groups in total. The molecule has 0 spiro atoms. The summed E-state index contributed by atoms with van der Waals surface area (Å²) in [5, 5.41) is 0. The lowest BCUT2D eigenvalue weighted by atomic mass is 10.1. The molecule has 1 rings (SSSR count). The van der Waals surface area contributed by atoms with E-state index in [1.807, 2.05) is 6.92 Å². The fourth-order valence-corrected chi connectivity index (χ4v) is 1.86. The van der Waals surface area contributed by atoms with Crippen molar-refractivity contribution in [1.29, 1.82) is 0 Å². The first kappa shape index (κ1) is 16.5. The fraction of sp³-hybridized carbons (Fsp3) is 0.562. The fourth-order valence-electron chi connectivity index (χ4n) is 1.86. The Hall–Kier alpha value is -1.58. The molecule has 20 heavy (non-hydrogen) atoms. The summed E-state index contributed by atoms with van der Waals surface area (Å²) in [4.78, 5) is 11.1. The minimum absolute atomic E-state index is 0.134. The largest absolute Gasteiger partial charge is 0.491 e. The molecule has 0 unspecified atom stereocenters. The number of aryl methyl sites for hydroxylation is 1. The highest BCUT2D eigenvalue weighted by Crippen LogP contribution is 2.18. The lowest BCUT2D eigenvalue weighted by Crippen LogP contribution is -2.03. The molecule has 3 nitrogen and oxygen atoms in total. The van der Waals surface area contributed by atoms with E-state index in [0.29, 0.717) is 25.4 Å². The van der Waals surface area contributed by atoms with E-state index in [4.69, 9.17) is 9.47 Å². The zero-order valence-corrected chi connectivity index (χ0v) is 12.3. The molecule has 4 heteroatoms. The number of halogens is 1. The maximum atomic E-state index is 13.4. The molecule has 0 fully saturated rings. The predicted octanol–water partition coefficient (Wildman–Crippen LogP) is 4.03. The minimum atomic E-state index is -0.321. The molecule has 0 aliphatic heterocycles. The van der Waals surface area contributed by atoms with Gasteiger partial charge in [0.25, 0.3) is 0 Å². The summed E-state index contributed by atoms with van der Waals surface area (Å²) in [7, 11) is 0. The van der Waals surface area contributed by atoms with Crippen molar-refractivity contribution in [3.05, 3.63) is 29.6 Å². The van der Waals surface area contributed by atoms with Crippen LogP contribution in [0.25, 0.3) is 0 Å². The molecule has 0 aliphatic rings. The molecule has 0 radical (unpaired) electrons. The highest BCUT2D eigenvalue weighted by molar-refractivity contribution is 5.69. The van der Waals surface area contributed by atoms with Gasteiger partial charge in [0.1, 0.15) is 0 Å². The smallest absolute Gasteiger partial charge is 0.305 e. The number of benzene rings is 1. The van der Waals surface area contributed by atoms with Crippen LogP contribution in [0.2, 0.25) is 0 Å². The third kappa shape index (κ3) is 6.55. The number of hydrogen-bond acceptors (Lipinski definition) is 3. The standard InChI is InChI=1S/C16H23FO3/c1-3-19-16(18)8-6-4-5-7-11-20-15-12-13(2)9-10-14(15)17/h9-10,12H,3-8,11H2,1-2H3. The average Bonchev–Trinajstić information content (AvgIpc) is 2.41. The van der Waals surface area contributed by atoms with Gasteiger partial charge < -0.3 is 9.47 Å². The number of unbranched alkanes of at least 4 members (excludes halogenated alkanes) is 3. The van der Waals surface area contributed by atoms with Crippen LogP contribution in [0.5, 0.6) is 5.75 Å². The molecule has 1 aromatic carbocycles. The molecule has 0 aromatic heterocycles. The van der Waals surface area contributed by atoms with Gasteiger partial charge in [-0.05, 0) is 44.4 Å². The zero-order chi connectivity index (χ0) is 14.8. The molecule has 0 saturated carbocycles. The first-order chi connectivity index (χ1) is 9.63. The van der Waals surface area contributed by atoms with Crippen LogP contribution in [-0.4, -0.2) is 19.2 Å². The van der Waals surface area contributed by atoms with Gasteiger partial charge in [-0.1, -0.05) is 18.9 Å². The second-order valence-corrected chi connectivity index (χ2v) is 4.75. The van der Waals surface area contributed by atoms with E-state index in [2.05, 4.69) is 0 Å². The highest BCUT2D eigenvalue weighted by atomic mass is 19.1. The van der Waals surface area contributed by atoms with E-state index in [9.17, 15) is 9.18 Å². The van der Waals surface area contributed by atoms with Crippen molar-refractivity contribution < 1.29 is 18.7 Å². The van der Waals surface area contributed by atoms with E-state index < -0.39 is 0 Å². The van der Waals surface area contributed by atoms with Crippen molar-refractivity contribution in [2.45, 2.75) is 46.0 Å². The molecule has 112 valence electrons. The summed E-state index contributed by atoms with van der Waals surface area (Å²) in [6.45, 7) is 4.65. The van der Waals surface area contributed by atoms with E-state index in [0.717, 1.165) is 31.2 Å². The Labute approximate surface area is 120 Å². The molecule has 0 amide bonds. The molecular formula is C16H23FO3. The lowest BCUT2D eigenvalue weighted by molar-refractivity contribution is -0.143. The quantitative estimate of drug-likeness (QED) is 0.507. The van der Waals surface area contributed by atoms with Crippen LogP contribution in [-0.2, 0) is 9.53 Å². The Bertz CT molecular complexity index is 418. The number of carbonyl (C=O) groups is 1. The topological polar surface area (TPSA) is 35.5 Å². The average molecular weight is 282 g/mol. The second-order valence-electron chi connectivity index (χ2n) is 4.75. The molecule has 1 aromatic rings. The van der Waals surface area contributed by atoms with Crippen molar-refractivity contribution in [2.75, 3.05) is 13.2 Å². The SMILES string of the molecule is CCOC(=O)CCCCCCOc1cc(C)ccc1F. The van der Waals surface area contributed by atoms with Gasteiger partial charge in [-0.2, -0.15) is 0 Å². The Morgan fingerprint density at radius 1 is 1.20 bits per heavy atom. The molecule has 0 heterocycles. The van der Waals surface area contributed by atoms with Crippen LogP contribution in [0, 0.1) is 12.7 Å². The normalized spacial score (nSPS) is 10.3. The van der Waals surface area contributed by atoms with E-state index in [1.165, 1.54) is 6.07 Å². The van der Waals surface area contributed by atoms with E-state index in [1.54, 1.807) is 19.1 Å². The molecule has 0 bridgehead atoms. The van der Waals surface area contributed by atoms with Crippen molar-refractivity contribution in [3.63, 3.8) is 0 Å². The number of rotatable bonds is 9. The lowest BCUT2D eigenvalue weighted by Gasteiger charge is -2.08. The van der Waals surface area contributed by atoms with Crippen LogP contribution < -0.4 is 4.74 Å². The predicted molar refractivity (Wildman–Crippen MR) is 76.4 cm³/mol. The van der Waals surface area contributed by atoms with Gasteiger partial charge in [0.2, 0.25) is 0 Å². The first-order valence-corrected chi connectivity index (χ1v) is 7.18. The van der Waals surface area contributed by atoms with Gasteiger partial charge in [0.05, 0.1) is 13.2 Å². The van der Waals surface area contributed by atoms with Crippen LogP contribution in [0.1, 0.15) is 44.6 Å². The molecule has 0 atom stereocenters. The van der Waals surface area contributed by atoms with E-state index >= 15 is 0 Å². The highest BCUT2D eigenvalue weighted by Gasteiger charge is 2.03. The van der Waals surface area contributed by atoms with Crippen molar-refractivity contribution in [2.24, 2.45) is 0 Å². The zero-order valence-electron chi connectivity index (χ0n) is 12.3. The third-order valence-electron chi connectivity index (χ3n) is 2.92. The van der Waals surface area contributed by atoms with Crippen molar-refractivity contribution in [3.8, 4) is 5.75 Å². The first-order valence-electron chi connectivity index (χ1n) is 7.18. The van der Waals surface area contributed by atoms with Crippen LogP contribution in [0.15, 0.2) is 18.2 Å². The number of ether oxygens (including phenoxy) is 2. The Morgan fingerprint density at radius 2 is 1.95 bits per heavy atom. The summed E-state index contributed by atoms with van der Waals surface area (Å²) in [6, 6.07) is 4.84. The van der Waals surface area contributed by atoms with Crippen molar-refractivity contribution >= 4 is 5.97 Å². The summed E-state index contributed by atoms with van der Waals surface area (Å²) < 4.78 is 23.6. The molecular weight excluding hydrogens is 259 g/mol. The van der Waals surface area contributed by atoms with Gasteiger partial charge in [-0.3, -0.25) is 4.79 Å². The molecule has 0 aliphatic carbocycles. The van der Waals surface area contributed by atoms with Gasteiger partial charge in [0.15, 0.2) is 11.6 Å². The summed E-state index contributed by atoms with van der Waals surface area (Å²) in [5.41, 5.74) is 0.982. The maximum Gasteiger partial charge on any atom is 0.305 e. The monoisotopic (exact) mass is 282 g/mol. The number of hydrogen-bond donors (Lipinski definition) is 0. The van der Waals surface area contributed by atoms with Crippen molar-refractivity contribution in [1.82, 2.24) is 0 Å². The number of carbonyl (C=O) groups excluding carboxylic acids is 1. The van der Waals surface area contributed by atoms with Gasteiger partial charge in [0, 0.05) is 6.42 Å². The van der Waals surface area contributed by atoms with Crippen LogP contribution >= 0.6 is 0 Å². The maximum absolute atomic E-state index is 13.4. The third-order valence-corrected chi connectivity index (χ3v) is 2.92. The van der Waals surface area contributed by atoms with Gasteiger partial charge in [-0.15, -0.1) is 0 Å². The Kier molecular flexibility index (Phi) is 7.70. The summed E-state index contributed by atoms with van der Waals surface area (Å²) in [6.07, 6.45) is 4.08. The molecule has 0 saturated heterocycles. The Morgan fingerprint density at radius 3 is 2.70 bits per heavy atom.